The molecular formula is C11H14F2N2O. The molecule has 1 amide bonds. The molecule has 3 nitrogen and oxygen atoms in total. The maximum atomic E-state index is 13.4. The molecule has 2 atom stereocenters. The van der Waals surface area contributed by atoms with E-state index in [1.54, 1.807) is 13.8 Å². The first kappa shape index (κ1) is 12.6. The van der Waals surface area contributed by atoms with E-state index in [0.29, 0.717) is 5.56 Å². The van der Waals surface area contributed by atoms with Crippen molar-refractivity contribution < 1.29 is 13.6 Å². The Morgan fingerprint density at radius 1 is 1.38 bits per heavy atom. The van der Waals surface area contributed by atoms with E-state index < -0.39 is 29.6 Å². The van der Waals surface area contributed by atoms with Crippen LogP contribution in [-0.4, -0.2) is 11.9 Å². The molecule has 0 aromatic heterocycles. The average Bonchev–Trinajstić information content (AvgIpc) is 2.16. The number of hydrogen-bond donors (Lipinski definition) is 2. The largest absolute Gasteiger partial charge is 0.368 e. The van der Waals surface area contributed by atoms with Crippen LogP contribution in [0.3, 0.4) is 0 Å². The van der Waals surface area contributed by atoms with Crippen LogP contribution in [0.1, 0.15) is 25.5 Å². The SMILES string of the molecule is C[C@@H](N[C@H](C)c1ccc(F)cc1F)C(N)=O. The van der Waals surface area contributed by atoms with Crippen molar-refractivity contribution in [3.05, 3.63) is 35.4 Å². The lowest BCUT2D eigenvalue weighted by atomic mass is 10.1. The van der Waals surface area contributed by atoms with Crippen LogP contribution in [-0.2, 0) is 4.79 Å². The molecule has 1 rings (SSSR count). The molecule has 0 saturated heterocycles. The van der Waals surface area contributed by atoms with Gasteiger partial charge in [-0.1, -0.05) is 6.07 Å². The molecule has 0 saturated carbocycles. The van der Waals surface area contributed by atoms with Gasteiger partial charge in [0.15, 0.2) is 0 Å². The highest BCUT2D eigenvalue weighted by atomic mass is 19.1. The van der Waals surface area contributed by atoms with E-state index in [1.807, 2.05) is 0 Å². The number of benzene rings is 1. The van der Waals surface area contributed by atoms with Crippen LogP contribution in [0.5, 0.6) is 0 Å². The summed E-state index contributed by atoms with van der Waals surface area (Å²) < 4.78 is 26.0. The summed E-state index contributed by atoms with van der Waals surface area (Å²) in [6.45, 7) is 3.26. The number of rotatable bonds is 4. The fourth-order valence-electron chi connectivity index (χ4n) is 1.40. The van der Waals surface area contributed by atoms with Crippen molar-refractivity contribution >= 4 is 5.91 Å². The molecular weight excluding hydrogens is 214 g/mol. The summed E-state index contributed by atoms with van der Waals surface area (Å²) >= 11 is 0. The van der Waals surface area contributed by atoms with Crippen LogP contribution in [0, 0.1) is 11.6 Å². The second-order valence-electron chi connectivity index (χ2n) is 3.68. The Labute approximate surface area is 92.6 Å². The minimum atomic E-state index is -0.642. The highest BCUT2D eigenvalue weighted by molar-refractivity contribution is 5.79. The smallest absolute Gasteiger partial charge is 0.234 e. The molecule has 0 fully saturated rings. The molecule has 3 N–H and O–H groups in total. The summed E-state index contributed by atoms with van der Waals surface area (Å²) in [5.74, 6) is -1.79. The van der Waals surface area contributed by atoms with Crippen molar-refractivity contribution in [3.8, 4) is 0 Å². The summed E-state index contributed by atoms with van der Waals surface area (Å²) in [7, 11) is 0. The number of carbonyl (C=O) groups excluding carboxylic acids is 1. The third-order valence-electron chi connectivity index (χ3n) is 2.36. The minimum Gasteiger partial charge on any atom is -0.368 e. The molecule has 0 bridgehead atoms. The van der Waals surface area contributed by atoms with E-state index in [0.717, 1.165) is 6.07 Å². The summed E-state index contributed by atoms with van der Waals surface area (Å²) in [6, 6.07) is 2.34. The third-order valence-corrected chi connectivity index (χ3v) is 2.36. The summed E-state index contributed by atoms with van der Waals surface area (Å²) in [5, 5.41) is 2.82. The number of primary amides is 1. The number of nitrogens with one attached hydrogen (secondary N) is 1. The molecule has 5 heteroatoms. The van der Waals surface area contributed by atoms with Crippen LogP contribution in [0.25, 0.3) is 0 Å². The number of amides is 1. The van der Waals surface area contributed by atoms with Crippen molar-refractivity contribution in [2.45, 2.75) is 25.9 Å². The van der Waals surface area contributed by atoms with Crippen molar-refractivity contribution in [2.75, 3.05) is 0 Å². The first-order chi connectivity index (χ1) is 7.41. The summed E-state index contributed by atoms with van der Waals surface area (Å²) in [6.07, 6.45) is 0. The van der Waals surface area contributed by atoms with Gasteiger partial charge in [0.2, 0.25) is 5.91 Å². The van der Waals surface area contributed by atoms with Crippen molar-refractivity contribution in [3.63, 3.8) is 0 Å². The van der Waals surface area contributed by atoms with E-state index >= 15 is 0 Å². The number of halogens is 2. The zero-order valence-electron chi connectivity index (χ0n) is 9.13. The van der Waals surface area contributed by atoms with Crippen LogP contribution in [0.4, 0.5) is 8.78 Å². The van der Waals surface area contributed by atoms with E-state index in [-0.39, 0.29) is 0 Å². The molecule has 0 heterocycles. The first-order valence-corrected chi connectivity index (χ1v) is 4.92. The second kappa shape index (κ2) is 5.03. The maximum absolute atomic E-state index is 13.4. The quantitative estimate of drug-likeness (QED) is 0.820. The third kappa shape index (κ3) is 3.00. The van der Waals surface area contributed by atoms with Gasteiger partial charge in [0, 0.05) is 17.7 Å². The first-order valence-electron chi connectivity index (χ1n) is 4.92. The van der Waals surface area contributed by atoms with Gasteiger partial charge in [-0.2, -0.15) is 0 Å². The predicted octanol–water partition coefficient (Wildman–Crippen LogP) is 1.49. The molecule has 0 aliphatic rings. The molecule has 16 heavy (non-hydrogen) atoms. The monoisotopic (exact) mass is 228 g/mol. The molecule has 0 aliphatic carbocycles. The highest BCUT2D eigenvalue weighted by Crippen LogP contribution is 2.17. The lowest BCUT2D eigenvalue weighted by Gasteiger charge is -2.18. The zero-order chi connectivity index (χ0) is 12.3. The minimum absolute atomic E-state index is 0.300. The topological polar surface area (TPSA) is 55.1 Å². The van der Waals surface area contributed by atoms with Crippen molar-refractivity contribution in [2.24, 2.45) is 5.73 Å². The molecule has 0 spiro atoms. The fraction of sp³-hybridized carbons (Fsp3) is 0.364. The van der Waals surface area contributed by atoms with Gasteiger partial charge in [-0.25, -0.2) is 8.78 Å². The van der Waals surface area contributed by atoms with E-state index in [9.17, 15) is 13.6 Å². The Morgan fingerprint density at radius 3 is 2.50 bits per heavy atom. The van der Waals surface area contributed by atoms with Crippen molar-refractivity contribution in [1.82, 2.24) is 5.32 Å². The fourth-order valence-corrected chi connectivity index (χ4v) is 1.40. The van der Waals surface area contributed by atoms with E-state index in [1.165, 1.54) is 12.1 Å². The molecule has 0 radical (unpaired) electrons. The van der Waals surface area contributed by atoms with E-state index in [4.69, 9.17) is 5.73 Å². The van der Waals surface area contributed by atoms with E-state index in [2.05, 4.69) is 5.32 Å². The van der Waals surface area contributed by atoms with Crippen LogP contribution >= 0.6 is 0 Å². The Bertz CT molecular complexity index is 396. The predicted molar refractivity (Wildman–Crippen MR) is 56.6 cm³/mol. The lowest BCUT2D eigenvalue weighted by Crippen LogP contribution is -2.40. The number of hydrogen-bond acceptors (Lipinski definition) is 2. The second-order valence-corrected chi connectivity index (χ2v) is 3.68. The highest BCUT2D eigenvalue weighted by Gasteiger charge is 2.16. The lowest BCUT2D eigenvalue weighted by molar-refractivity contribution is -0.119. The molecule has 88 valence electrons. The maximum Gasteiger partial charge on any atom is 0.234 e. The number of nitrogens with two attached hydrogens (primary N) is 1. The molecule has 1 aromatic carbocycles. The molecule has 1 aromatic rings. The zero-order valence-corrected chi connectivity index (χ0v) is 9.13. The van der Waals surface area contributed by atoms with Gasteiger partial charge in [0.1, 0.15) is 11.6 Å². The van der Waals surface area contributed by atoms with Gasteiger partial charge in [-0.05, 0) is 19.9 Å². The van der Waals surface area contributed by atoms with Crippen LogP contribution in [0.15, 0.2) is 18.2 Å². The number of carbonyl (C=O) groups is 1. The van der Waals surface area contributed by atoms with Crippen LogP contribution < -0.4 is 11.1 Å². The summed E-state index contributed by atoms with van der Waals surface area (Å²) in [4.78, 5) is 10.8. The van der Waals surface area contributed by atoms with Gasteiger partial charge in [-0.15, -0.1) is 0 Å². The average molecular weight is 228 g/mol. The normalized spacial score (nSPS) is 14.5. The van der Waals surface area contributed by atoms with Crippen molar-refractivity contribution in [1.29, 1.82) is 0 Å². The Morgan fingerprint density at radius 2 is 2.00 bits per heavy atom. The van der Waals surface area contributed by atoms with Gasteiger partial charge >= 0.3 is 0 Å². The van der Waals surface area contributed by atoms with Gasteiger partial charge in [-0.3, -0.25) is 10.1 Å². The molecule has 0 aliphatic heterocycles. The Kier molecular flexibility index (Phi) is 3.95. The summed E-state index contributed by atoms with van der Waals surface area (Å²) in [5.41, 5.74) is 5.37. The van der Waals surface area contributed by atoms with Gasteiger partial charge < -0.3 is 5.73 Å². The van der Waals surface area contributed by atoms with Gasteiger partial charge in [0.25, 0.3) is 0 Å². The Hall–Kier alpha value is -1.49. The van der Waals surface area contributed by atoms with Crippen LogP contribution in [0.2, 0.25) is 0 Å². The standard InChI is InChI=1S/C11H14F2N2O/c1-6(15-7(2)11(14)16)9-4-3-8(12)5-10(9)13/h3-7,15H,1-2H3,(H2,14,16)/t6-,7-/m1/s1. The van der Waals surface area contributed by atoms with Gasteiger partial charge in [0.05, 0.1) is 6.04 Å². The Balaban J connectivity index is 2.80. The molecule has 0 unspecified atom stereocenters.